The number of aliphatic carboxylic acids is 1. The first-order valence-electron chi connectivity index (χ1n) is 6.18. The fraction of sp³-hybridized carbons (Fsp3) is 0.833. The van der Waals surface area contributed by atoms with Gasteiger partial charge >= 0.3 is 12.0 Å². The number of hydrogen-bond donors (Lipinski definition) is 2. The Hall–Kier alpha value is -1.26. The topological polar surface area (TPSA) is 69.6 Å². The van der Waals surface area contributed by atoms with Gasteiger partial charge in [-0.1, -0.05) is 0 Å². The third kappa shape index (κ3) is 3.91. The van der Waals surface area contributed by atoms with Gasteiger partial charge in [-0.15, -0.1) is 0 Å². The summed E-state index contributed by atoms with van der Waals surface area (Å²) in [5.41, 5.74) is 0. The lowest BCUT2D eigenvalue weighted by atomic mass is 9.86. The zero-order valence-electron chi connectivity index (χ0n) is 10.8. The zero-order valence-corrected chi connectivity index (χ0v) is 10.8. The summed E-state index contributed by atoms with van der Waals surface area (Å²) in [6.45, 7) is 3.92. The van der Waals surface area contributed by atoms with Crippen LogP contribution in [-0.2, 0) is 4.79 Å². The second-order valence-corrected chi connectivity index (χ2v) is 5.04. The van der Waals surface area contributed by atoms with E-state index in [0.29, 0.717) is 12.8 Å². The van der Waals surface area contributed by atoms with E-state index < -0.39 is 5.97 Å². The number of carbonyl (C=O) groups is 2. The van der Waals surface area contributed by atoms with Gasteiger partial charge in [-0.05, 0) is 39.5 Å². The van der Waals surface area contributed by atoms with Crippen molar-refractivity contribution in [3.05, 3.63) is 0 Å². The van der Waals surface area contributed by atoms with Crippen LogP contribution in [0.4, 0.5) is 4.79 Å². The quantitative estimate of drug-likeness (QED) is 0.791. The van der Waals surface area contributed by atoms with Gasteiger partial charge in [0, 0.05) is 19.1 Å². The monoisotopic (exact) mass is 242 g/mol. The SMILES string of the molecule is CC(C)N(C)C(=O)NC1CCC(C(=O)O)CC1. The molecular weight excluding hydrogens is 220 g/mol. The highest BCUT2D eigenvalue weighted by Crippen LogP contribution is 2.24. The number of amides is 2. The lowest BCUT2D eigenvalue weighted by Gasteiger charge is -2.30. The van der Waals surface area contributed by atoms with Crippen LogP contribution in [0.1, 0.15) is 39.5 Å². The molecule has 2 N–H and O–H groups in total. The van der Waals surface area contributed by atoms with Crippen molar-refractivity contribution >= 4 is 12.0 Å². The van der Waals surface area contributed by atoms with E-state index in [0.717, 1.165) is 12.8 Å². The lowest BCUT2D eigenvalue weighted by Crippen LogP contribution is -2.47. The van der Waals surface area contributed by atoms with Gasteiger partial charge in [0.2, 0.25) is 0 Å². The number of nitrogens with one attached hydrogen (secondary N) is 1. The Morgan fingerprint density at radius 1 is 1.24 bits per heavy atom. The molecule has 0 atom stereocenters. The van der Waals surface area contributed by atoms with Crippen LogP contribution in [0.25, 0.3) is 0 Å². The molecule has 1 saturated carbocycles. The van der Waals surface area contributed by atoms with E-state index in [2.05, 4.69) is 5.32 Å². The molecule has 0 heterocycles. The van der Waals surface area contributed by atoms with Crippen LogP contribution in [0, 0.1) is 5.92 Å². The second-order valence-electron chi connectivity index (χ2n) is 5.04. The highest BCUT2D eigenvalue weighted by atomic mass is 16.4. The van der Waals surface area contributed by atoms with Gasteiger partial charge in [-0.25, -0.2) is 4.79 Å². The van der Waals surface area contributed by atoms with E-state index in [4.69, 9.17) is 5.11 Å². The Morgan fingerprint density at radius 2 is 1.76 bits per heavy atom. The number of urea groups is 1. The highest BCUT2D eigenvalue weighted by molar-refractivity contribution is 5.74. The van der Waals surface area contributed by atoms with Crippen LogP contribution < -0.4 is 5.32 Å². The Morgan fingerprint density at radius 3 is 2.18 bits per heavy atom. The smallest absolute Gasteiger partial charge is 0.317 e. The average Bonchev–Trinajstić information content (AvgIpc) is 2.28. The summed E-state index contributed by atoms with van der Waals surface area (Å²) in [5.74, 6) is -0.944. The molecule has 17 heavy (non-hydrogen) atoms. The predicted molar refractivity (Wildman–Crippen MR) is 64.8 cm³/mol. The van der Waals surface area contributed by atoms with Gasteiger partial charge in [0.15, 0.2) is 0 Å². The molecule has 1 aliphatic rings. The summed E-state index contributed by atoms with van der Waals surface area (Å²) >= 11 is 0. The van der Waals surface area contributed by atoms with E-state index in [1.165, 1.54) is 0 Å². The molecule has 0 aromatic heterocycles. The minimum atomic E-state index is -0.714. The van der Waals surface area contributed by atoms with Gasteiger partial charge in [0.05, 0.1) is 5.92 Å². The molecule has 0 saturated heterocycles. The van der Waals surface area contributed by atoms with Crippen molar-refractivity contribution in [1.29, 1.82) is 0 Å². The van der Waals surface area contributed by atoms with Crippen LogP contribution >= 0.6 is 0 Å². The fourth-order valence-electron chi connectivity index (χ4n) is 2.00. The summed E-state index contributed by atoms with van der Waals surface area (Å²) in [6.07, 6.45) is 2.83. The van der Waals surface area contributed by atoms with Crippen molar-refractivity contribution in [1.82, 2.24) is 10.2 Å². The first kappa shape index (κ1) is 13.8. The van der Waals surface area contributed by atoms with Crippen LogP contribution in [0.15, 0.2) is 0 Å². The van der Waals surface area contributed by atoms with E-state index in [9.17, 15) is 9.59 Å². The van der Waals surface area contributed by atoms with Crippen molar-refractivity contribution in [3.8, 4) is 0 Å². The number of hydrogen-bond acceptors (Lipinski definition) is 2. The second kappa shape index (κ2) is 5.89. The van der Waals surface area contributed by atoms with E-state index in [-0.39, 0.29) is 24.0 Å². The minimum absolute atomic E-state index is 0.0706. The van der Waals surface area contributed by atoms with Crippen LogP contribution in [0.2, 0.25) is 0 Å². The third-order valence-electron chi connectivity index (χ3n) is 3.50. The molecule has 0 aliphatic heterocycles. The maximum Gasteiger partial charge on any atom is 0.317 e. The number of carbonyl (C=O) groups excluding carboxylic acids is 1. The molecular formula is C12H22N2O3. The van der Waals surface area contributed by atoms with E-state index in [1.54, 1.807) is 11.9 Å². The van der Waals surface area contributed by atoms with E-state index >= 15 is 0 Å². The fourth-order valence-corrected chi connectivity index (χ4v) is 2.00. The number of rotatable bonds is 3. The van der Waals surface area contributed by atoms with Crippen molar-refractivity contribution < 1.29 is 14.7 Å². The normalized spacial score (nSPS) is 24.5. The van der Waals surface area contributed by atoms with Gasteiger partial charge in [0.1, 0.15) is 0 Å². The number of carboxylic acid groups (broad SMARTS) is 1. The largest absolute Gasteiger partial charge is 0.481 e. The first-order chi connectivity index (χ1) is 7.91. The van der Waals surface area contributed by atoms with Crippen LogP contribution in [0.5, 0.6) is 0 Å². The molecule has 0 radical (unpaired) electrons. The Balaban J connectivity index is 2.35. The van der Waals surface area contributed by atoms with Crippen molar-refractivity contribution in [3.63, 3.8) is 0 Å². The Labute approximate surface area is 102 Å². The van der Waals surface area contributed by atoms with Crippen molar-refractivity contribution in [2.24, 2.45) is 5.92 Å². The van der Waals surface area contributed by atoms with Gasteiger partial charge < -0.3 is 15.3 Å². The molecule has 0 aromatic rings. The average molecular weight is 242 g/mol. The summed E-state index contributed by atoms with van der Waals surface area (Å²) in [5, 5.41) is 11.8. The summed E-state index contributed by atoms with van der Waals surface area (Å²) < 4.78 is 0. The lowest BCUT2D eigenvalue weighted by molar-refractivity contribution is -0.142. The Bertz CT molecular complexity index is 283. The van der Waals surface area contributed by atoms with Gasteiger partial charge in [0.25, 0.3) is 0 Å². The minimum Gasteiger partial charge on any atom is -0.481 e. The van der Waals surface area contributed by atoms with Crippen LogP contribution in [0.3, 0.4) is 0 Å². The first-order valence-corrected chi connectivity index (χ1v) is 6.18. The maximum absolute atomic E-state index is 11.8. The summed E-state index contributed by atoms with van der Waals surface area (Å²) in [6, 6.07) is 0.225. The molecule has 1 rings (SSSR count). The van der Waals surface area contributed by atoms with Crippen molar-refractivity contribution in [2.45, 2.75) is 51.6 Å². The molecule has 0 unspecified atom stereocenters. The molecule has 1 aliphatic carbocycles. The molecule has 5 heteroatoms. The summed E-state index contributed by atoms with van der Waals surface area (Å²) in [7, 11) is 1.77. The molecule has 0 spiro atoms. The number of nitrogens with zero attached hydrogens (tertiary/aromatic N) is 1. The molecule has 2 amide bonds. The van der Waals surface area contributed by atoms with Gasteiger partial charge in [-0.2, -0.15) is 0 Å². The third-order valence-corrected chi connectivity index (χ3v) is 3.50. The maximum atomic E-state index is 11.8. The zero-order chi connectivity index (χ0) is 13.0. The van der Waals surface area contributed by atoms with E-state index in [1.807, 2.05) is 13.8 Å². The van der Waals surface area contributed by atoms with Gasteiger partial charge in [-0.3, -0.25) is 4.79 Å². The Kier molecular flexibility index (Phi) is 4.78. The molecule has 98 valence electrons. The standard InChI is InChI=1S/C12H22N2O3/c1-8(2)14(3)12(17)13-10-6-4-9(5-7-10)11(15)16/h8-10H,4-7H2,1-3H3,(H,13,17)(H,15,16). The molecule has 1 fully saturated rings. The highest BCUT2D eigenvalue weighted by Gasteiger charge is 2.27. The van der Waals surface area contributed by atoms with Crippen LogP contribution in [-0.4, -0.2) is 41.1 Å². The van der Waals surface area contributed by atoms with Crippen molar-refractivity contribution in [2.75, 3.05) is 7.05 Å². The molecule has 0 bridgehead atoms. The number of carboxylic acids is 1. The predicted octanol–water partition coefficient (Wildman–Crippen LogP) is 1.68. The summed E-state index contributed by atoms with van der Waals surface area (Å²) in [4.78, 5) is 24.2. The molecule has 5 nitrogen and oxygen atoms in total. The molecule has 0 aromatic carbocycles.